The van der Waals surface area contributed by atoms with Crippen molar-refractivity contribution in [2.45, 2.75) is 197 Å². The first kappa shape index (κ1) is 94.7. The number of hydrogen-bond acceptors (Lipinski definition) is 20. The number of aliphatic imine (C=N–C) groups is 1. The number of fused-ring (bicyclic) bond motifs is 2. The van der Waals surface area contributed by atoms with Gasteiger partial charge in [-0.1, -0.05) is 111 Å². The Hall–Kier alpha value is -12.8. The maximum absolute atomic E-state index is 15.3. The molecule has 14 amide bonds. The molecular formula is C84H113N19O18S. The average molecular weight is 1710 g/mol. The third kappa shape index (κ3) is 29.9. The van der Waals surface area contributed by atoms with Crippen LogP contribution in [-0.2, 0) is 103 Å². The molecule has 2 saturated heterocycles. The Morgan fingerprint density at radius 1 is 0.492 bits per heavy atom. The summed E-state index contributed by atoms with van der Waals surface area (Å²) in [5.74, 6) is -10.7. The number of thioether (sulfide) groups is 1. The lowest BCUT2D eigenvalue weighted by Crippen LogP contribution is -2.60. The number of esters is 1. The molecule has 0 radical (unpaired) electrons. The van der Waals surface area contributed by atoms with Gasteiger partial charge in [-0.05, 0) is 136 Å². The van der Waals surface area contributed by atoms with Gasteiger partial charge in [-0.15, -0.1) is 0 Å². The topological polar surface area (TPSA) is 559 Å². The number of aromatic nitrogens is 2. The lowest BCUT2D eigenvalue weighted by molar-refractivity contribution is -0.145. The Labute approximate surface area is 710 Å². The number of amides is 14. The number of nitrogens with two attached hydrogens (primary N) is 4. The molecule has 2 fully saturated rings. The molecule has 2 aliphatic heterocycles. The molecule has 0 aliphatic carbocycles. The third-order valence-corrected chi connectivity index (χ3v) is 21.4. The molecule has 4 heterocycles. The van der Waals surface area contributed by atoms with Crippen molar-refractivity contribution in [2.24, 2.45) is 33.8 Å². The number of H-pyrrole nitrogens is 2. The number of benzene rings is 4. The largest absolute Gasteiger partial charge is 0.467 e. The number of para-hydroxylation sites is 2. The number of carbonyl (C=O) groups is 15. The average Bonchev–Trinajstić information content (AvgIpc) is 1.65. The van der Waals surface area contributed by atoms with E-state index in [4.69, 9.17) is 37.1 Å². The fourth-order valence-electron chi connectivity index (χ4n) is 14.4. The molecule has 0 spiro atoms. The zero-order chi connectivity index (χ0) is 88.2. The molecule has 122 heavy (non-hydrogen) atoms. The van der Waals surface area contributed by atoms with Crippen LogP contribution in [0, 0.1) is 5.92 Å². The quantitative estimate of drug-likeness (QED) is 0.00852. The number of methoxy groups -OCH3 is 1. The van der Waals surface area contributed by atoms with Gasteiger partial charge in [-0.25, -0.2) is 14.4 Å². The summed E-state index contributed by atoms with van der Waals surface area (Å²) >= 11 is 1.45. The second-order valence-corrected chi connectivity index (χ2v) is 31.3. The van der Waals surface area contributed by atoms with Crippen LogP contribution in [0.2, 0.25) is 0 Å². The maximum Gasteiger partial charge on any atom is 0.408 e. The van der Waals surface area contributed by atoms with E-state index in [1.165, 1.54) is 28.7 Å². The Morgan fingerprint density at radius 2 is 0.951 bits per heavy atom. The van der Waals surface area contributed by atoms with Crippen molar-refractivity contribution >= 4 is 129 Å². The smallest absolute Gasteiger partial charge is 0.408 e. The molecule has 0 bridgehead atoms. The van der Waals surface area contributed by atoms with Crippen LogP contribution >= 0.6 is 11.8 Å². The van der Waals surface area contributed by atoms with Crippen LogP contribution in [-0.4, -0.2) is 227 Å². The zero-order valence-electron chi connectivity index (χ0n) is 69.0. The van der Waals surface area contributed by atoms with Crippen LogP contribution in [0.4, 0.5) is 9.59 Å². The zero-order valence-corrected chi connectivity index (χ0v) is 69.8. The van der Waals surface area contributed by atoms with Crippen LogP contribution in [0.3, 0.4) is 0 Å². The van der Waals surface area contributed by atoms with Gasteiger partial charge in [0.05, 0.1) is 13.7 Å². The SMILES string of the molecule is COC(=O)[C@@H](CCSC)NC(=O)[C@@H](CC(C)C)NC(=O)CNC(=O)[C@@H](Cc1c[nH]c2ccccc12)NC(=O)[C@@H](Cc1c[nH]c2ccccc12)NC(=O)[C@H](CCC(N)=O)NC(=O)[C@H](CCC(N)=O)NC(=O)[C@@H]1CCCN1C(=O)[C@H](CCCCNC(=O)OCc1ccccc1)NC(=O)[C@@H]1CCCN1C(=O)[C@H](CCCN=C(N)N)NC(=O)OCc1ccccc1. The van der Waals surface area contributed by atoms with Crippen molar-refractivity contribution in [3.63, 3.8) is 0 Å². The van der Waals surface area contributed by atoms with E-state index in [9.17, 15) is 57.5 Å². The number of rotatable bonds is 48. The molecule has 20 N–H and O–H groups in total. The highest BCUT2D eigenvalue weighted by Crippen LogP contribution is 2.26. The molecule has 0 unspecified atom stereocenters. The molecule has 4 aromatic carbocycles. The minimum atomic E-state index is -1.73. The van der Waals surface area contributed by atoms with Crippen molar-refractivity contribution in [1.82, 2.24) is 72.9 Å². The van der Waals surface area contributed by atoms with E-state index in [-0.39, 0.29) is 128 Å². The fraction of sp³-hybridized carbons (Fsp3) is 0.476. The van der Waals surface area contributed by atoms with E-state index in [0.29, 0.717) is 50.7 Å². The lowest BCUT2D eigenvalue weighted by Gasteiger charge is -2.32. The van der Waals surface area contributed by atoms with Gasteiger partial charge in [0, 0.05) is 86.1 Å². The van der Waals surface area contributed by atoms with Crippen LogP contribution in [0.25, 0.3) is 21.8 Å². The predicted octanol–water partition coefficient (Wildman–Crippen LogP) is 1.87. The molecule has 37 nitrogen and oxygen atoms in total. The number of carbonyl (C=O) groups excluding carboxylic acids is 15. The predicted molar refractivity (Wildman–Crippen MR) is 453 cm³/mol. The number of nitrogens with one attached hydrogen (secondary N) is 12. The summed E-state index contributed by atoms with van der Waals surface area (Å²) in [7, 11) is 1.19. The number of hydrogen-bond donors (Lipinski definition) is 16. The van der Waals surface area contributed by atoms with Crippen molar-refractivity contribution < 1.29 is 86.1 Å². The second kappa shape index (κ2) is 48.5. The van der Waals surface area contributed by atoms with Gasteiger partial charge in [0.2, 0.25) is 70.9 Å². The number of ether oxygens (including phenoxy) is 3. The minimum Gasteiger partial charge on any atom is -0.467 e. The van der Waals surface area contributed by atoms with Gasteiger partial charge < -0.3 is 110 Å². The van der Waals surface area contributed by atoms with Crippen LogP contribution < -0.4 is 76.1 Å². The van der Waals surface area contributed by atoms with Gasteiger partial charge in [0.1, 0.15) is 73.6 Å². The van der Waals surface area contributed by atoms with Gasteiger partial charge in [-0.2, -0.15) is 11.8 Å². The summed E-state index contributed by atoms with van der Waals surface area (Å²) < 4.78 is 15.8. The van der Waals surface area contributed by atoms with Crippen LogP contribution in [0.1, 0.15) is 132 Å². The van der Waals surface area contributed by atoms with E-state index in [0.717, 1.165) is 5.56 Å². The Morgan fingerprint density at radius 3 is 1.47 bits per heavy atom. The summed E-state index contributed by atoms with van der Waals surface area (Å²) in [5, 5.41) is 28.2. The van der Waals surface area contributed by atoms with E-state index >= 15 is 14.4 Å². The molecule has 6 aromatic rings. The van der Waals surface area contributed by atoms with Gasteiger partial charge in [-0.3, -0.25) is 62.5 Å². The monoisotopic (exact) mass is 1710 g/mol. The molecule has 2 aromatic heterocycles. The van der Waals surface area contributed by atoms with E-state index in [1.54, 1.807) is 116 Å². The van der Waals surface area contributed by atoms with E-state index in [2.05, 4.69) is 68.1 Å². The summed E-state index contributed by atoms with van der Waals surface area (Å²) in [6.07, 6.45) is 2.82. The highest BCUT2D eigenvalue weighted by molar-refractivity contribution is 7.98. The summed E-state index contributed by atoms with van der Waals surface area (Å²) in [4.78, 5) is 224. The third-order valence-electron chi connectivity index (χ3n) is 20.7. The number of nitrogens with zero attached hydrogens (tertiary/aromatic N) is 3. The molecule has 0 saturated carbocycles. The Kier molecular flexibility index (Phi) is 37.6. The highest BCUT2D eigenvalue weighted by atomic mass is 32.2. The first-order chi connectivity index (χ1) is 58.6. The van der Waals surface area contributed by atoms with Gasteiger partial charge >= 0.3 is 18.2 Å². The van der Waals surface area contributed by atoms with Gasteiger partial charge in [0.25, 0.3) is 0 Å². The standard InChI is InChI=1S/C84H113N19O18S/c1-50(2)42-64(75(110)98-63(36-41-122-4)81(116)119-3)94-71(106)47-93-72(107)65(43-53-45-91-57-26-13-11-24-55(53)57)99-76(111)66(44-54-46-92-58-27-14-12-25-56(54)58)100-74(109)59(32-34-69(85)104)95-73(108)60(33-35-70(86)105)96-77(112)67-30-18-39-102(67)79(114)61(28-15-16-37-90-83(117)120-48-51-20-7-5-8-21-51)97-78(113)68-31-19-40-103(68)80(115)62(29-17-38-89-82(87)88)101-84(118)121-49-52-22-9-6-10-23-52/h5-14,20-27,45-46,50,59-68,91-92H,15-19,28-44,47-49H2,1-4H3,(H2,85,104)(H2,86,105)(H,90,117)(H,93,107)(H,94,106)(H,95,108)(H,96,112)(H,97,113)(H,98,110)(H,99,111)(H,100,109)(H,101,118)(H4,87,88,89)/t59-,60-,61-,62-,63+,64+,65+,66+,67-,68-/m0/s1. The summed E-state index contributed by atoms with van der Waals surface area (Å²) in [6.45, 7) is 3.08. The van der Waals surface area contributed by atoms with Gasteiger partial charge in [0.15, 0.2) is 5.96 Å². The number of alkyl carbamates (subject to hydrolysis) is 2. The molecular weight excluding hydrogens is 1600 g/mol. The molecule has 38 heteroatoms. The number of primary amides is 2. The van der Waals surface area contributed by atoms with Crippen molar-refractivity contribution in [2.75, 3.05) is 51.8 Å². The number of aromatic amines is 2. The number of unbranched alkanes of at least 4 members (excludes halogenated alkanes) is 1. The molecule has 658 valence electrons. The molecule has 8 rings (SSSR count). The Balaban J connectivity index is 1.01. The van der Waals surface area contributed by atoms with Crippen molar-refractivity contribution in [3.8, 4) is 0 Å². The van der Waals surface area contributed by atoms with Crippen molar-refractivity contribution in [1.29, 1.82) is 0 Å². The van der Waals surface area contributed by atoms with Crippen molar-refractivity contribution in [3.05, 3.63) is 144 Å². The first-order valence-corrected chi connectivity index (χ1v) is 42.2. The van der Waals surface area contributed by atoms with E-state index in [1.807, 2.05) is 26.2 Å². The molecule has 10 atom stereocenters. The normalized spacial score (nSPS) is 15.6. The van der Waals surface area contributed by atoms with Crippen LogP contribution in [0.5, 0.6) is 0 Å². The highest BCUT2D eigenvalue weighted by Gasteiger charge is 2.43. The number of likely N-dealkylation sites (tertiary alicyclic amines) is 2. The summed E-state index contributed by atoms with van der Waals surface area (Å²) in [5.41, 5.74) is 26.3. The first-order valence-electron chi connectivity index (χ1n) is 40.8. The van der Waals surface area contributed by atoms with E-state index < -0.39 is 182 Å². The minimum absolute atomic E-state index is 0.000915. The number of guanidine groups is 1. The lowest BCUT2D eigenvalue weighted by atomic mass is 10.0. The van der Waals surface area contributed by atoms with Crippen LogP contribution in [0.15, 0.2) is 127 Å². The Bertz CT molecular complexity index is 4620. The second-order valence-electron chi connectivity index (χ2n) is 30.3. The summed E-state index contributed by atoms with van der Waals surface area (Å²) in [6, 6.07) is 18.3. The maximum atomic E-state index is 15.3. The fourth-order valence-corrected chi connectivity index (χ4v) is 14.9. The molecule has 2 aliphatic rings.